The molecule has 0 N–H and O–H groups in total. The lowest BCUT2D eigenvalue weighted by Gasteiger charge is -2.35. The molecule has 0 spiro atoms. The number of methoxy groups -OCH3 is 1. The summed E-state index contributed by atoms with van der Waals surface area (Å²) in [5, 5.41) is 0. The van der Waals surface area contributed by atoms with Crippen LogP contribution >= 0.6 is 0 Å². The molecule has 1 atom stereocenters. The topological polar surface area (TPSA) is 35.5 Å². The van der Waals surface area contributed by atoms with E-state index in [9.17, 15) is 4.79 Å². The largest absolute Gasteiger partial charge is 0.456 e. The van der Waals surface area contributed by atoms with Crippen molar-refractivity contribution < 1.29 is 14.3 Å². The van der Waals surface area contributed by atoms with E-state index in [2.05, 4.69) is 34.3 Å². The number of carbonyl (C=O) groups excluding carboxylic acids is 1. The maximum absolute atomic E-state index is 11.4. The zero-order valence-corrected chi connectivity index (χ0v) is 12.5. The fourth-order valence-electron chi connectivity index (χ4n) is 1.97. The highest BCUT2D eigenvalue weighted by molar-refractivity contribution is 5.81. The summed E-state index contributed by atoms with van der Waals surface area (Å²) >= 11 is 0. The molecule has 106 valence electrons. The molecule has 0 heterocycles. The number of hydrogen-bond donors (Lipinski definition) is 0. The van der Waals surface area contributed by atoms with Crippen LogP contribution < -0.4 is 0 Å². The van der Waals surface area contributed by atoms with Gasteiger partial charge in [-0.1, -0.05) is 27.4 Å². The highest BCUT2D eigenvalue weighted by Gasteiger charge is 2.33. The minimum atomic E-state index is -0.389. The molecule has 0 rings (SSSR count). The maximum Gasteiger partial charge on any atom is 0.330 e. The molecule has 18 heavy (non-hydrogen) atoms. The van der Waals surface area contributed by atoms with Crippen molar-refractivity contribution in [3.63, 3.8) is 0 Å². The Morgan fingerprint density at radius 2 is 1.72 bits per heavy atom. The van der Waals surface area contributed by atoms with E-state index in [4.69, 9.17) is 9.47 Å². The van der Waals surface area contributed by atoms with Crippen LogP contribution in [0.4, 0.5) is 0 Å². The summed E-state index contributed by atoms with van der Waals surface area (Å²) in [6, 6.07) is 0. The Morgan fingerprint density at radius 3 is 2.06 bits per heavy atom. The number of ether oxygens (including phenoxy) is 2. The first-order chi connectivity index (χ1) is 8.40. The second kappa shape index (κ2) is 7.57. The average molecular weight is 256 g/mol. The molecular weight excluding hydrogens is 228 g/mol. The Kier molecular flexibility index (Phi) is 7.22. The lowest BCUT2D eigenvalue weighted by Crippen LogP contribution is -2.37. The molecule has 0 aliphatic heterocycles. The van der Waals surface area contributed by atoms with Crippen LogP contribution in [0.25, 0.3) is 0 Å². The quantitative estimate of drug-likeness (QED) is 0.464. The molecule has 0 saturated carbocycles. The van der Waals surface area contributed by atoms with E-state index in [0.29, 0.717) is 0 Å². The molecule has 0 amide bonds. The molecule has 0 aromatic carbocycles. The third-order valence-electron chi connectivity index (χ3n) is 4.12. The molecule has 0 aromatic rings. The van der Waals surface area contributed by atoms with Gasteiger partial charge in [0.1, 0.15) is 5.60 Å². The normalized spacial score (nSPS) is 14.9. The van der Waals surface area contributed by atoms with E-state index >= 15 is 0 Å². The summed E-state index contributed by atoms with van der Waals surface area (Å²) < 4.78 is 11.1. The Balaban J connectivity index is 4.70. The molecule has 0 radical (unpaired) electrons. The van der Waals surface area contributed by atoms with Crippen molar-refractivity contribution in [2.24, 2.45) is 0 Å². The third-order valence-corrected chi connectivity index (χ3v) is 4.12. The Hall–Kier alpha value is -0.830. The first-order valence-corrected chi connectivity index (χ1v) is 6.81. The molecule has 1 unspecified atom stereocenters. The van der Waals surface area contributed by atoms with Crippen molar-refractivity contribution >= 4 is 5.97 Å². The summed E-state index contributed by atoms with van der Waals surface area (Å²) in [6.07, 6.45) is 5.50. The number of hydrogen-bond acceptors (Lipinski definition) is 3. The minimum absolute atomic E-state index is 0.143. The smallest absolute Gasteiger partial charge is 0.330 e. The van der Waals surface area contributed by atoms with Gasteiger partial charge in [-0.15, -0.1) is 0 Å². The van der Waals surface area contributed by atoms with Gasteiger partial charge in [0.2, 0.25) is 0 Å². The lowest BCUT2D eigenvalue weighted by molar-refractivity contribution is -0.157. The van der Waals surface area contributed by atoms with E-state index in [0.717, 1.165) is 32.1 Å². The van der Waals surface area contributed by atoms with Gasteiger partial charge in [-0.25, -0.2) is 4.79 Å². The van der Waals surface area contributed by atoms with Crippen LogP contribution in [0.5, 0.6) is 0 Å². The van der Waals surface area contributed by atoms with Crippen LogP contribution in [0.2, 0.25) is 0 Å². The molecule has 0 aliphatic rings. The average Bonchev–Trinajstić information content (AvgIpc) is 2.42. The fraction of sp³-hybridized carbons (Fsp3) is 0.800. The van der Waals surface area contributed by atoms with E-state index in [1.807, 2.05) is 0 Å². The van der Waals surface area contributed by atoms with Gasteiger partial charge in [0.05, 0.1) is 5.60 Å². The van der Waals surface area contributed by atoms with Crippen LogP contribution in [-0.2, 0) is 14.3 Å². The SMILES string of the molecule is C=CC(=O)OC(CC)(CC)CCC(C)(CC)OC. The highest BCUT2D eigenvalue weighted by Crippen LogP contribution is 2.32. The first kappa shape index (κ1) is 17.2. The van der Waals surface area contributed by atoms with Crippen molar-refractivity contribution in [3.8, 4) is 0 Å². The molecule has 0 aromatic heterocycles. The minimum Gasteiger partial charge on any atom is -0.456 e. The molecule has 3 heteroatoms. The van der Waals surface area contributed by atoms with E-state index < -0.39 is 0 Å². The number of esters is 1. The second-order valence-corrected chi connectivity index (χ2v) is 5.02. The van der Waals surface area contributed by atoms with Gasteiger partial charge in [0.15, 0.2) is 0 Å². The predicted molar refractivity (Wildman–Crippen MR) is 74.5 cm³/mol. The Bertz CT molecular complexity index is 263. The Morgan fingerprint density at radius 1 is 1.17 bits per heavy atom. The number of carbonyl (C=O) groups is 1. The van der Waals surface area contributed by atoms with Gasteiger partial charge in [0.25, 0.3) is 0 Å². The second-order valence-electron chi connectivity index (χ2n) is 5.02. The summed E-state index contributed by atoms with van der Waals surface area (Å²) in [4.78, 5) is 11.4. The summed E-state index contributed by atoms with van der Waals surface area (Å²) in [6.45, 7) is 11.8. The van der Waals surface area contributed by atoms with Gasteiger partial charge in [0, 0.05) is 13.2 Å². The highest BCUT2D eigenvalue weighted by atomic mass is 16.6. The molecule has 0 saturated heterocycles. The van der Waals surface area contributed by atoms with Crippen molar-refractivity contribution in [3.05, 3.63) is 12.7 Å². The fourth-order valence-corrected chi connectivity index (χ4v) is 1.97. The summed E-state index contributed by atoms with van der Waals surface area (Å²) in [7, 11) is 1.73. The molecular formula is C15H28O3. The zero-order chi connectivity index (χ0) is 14.2. The summed E-state index contributed by atoms with van der Waals surface area (Å²) in [5.41, 5.74) is -0.531. The zero-order valence-electron chi connectivity index (χ0n) is 12.5. The molecule has 0 fully saturated rings. The number of rotatable bonds is 9. The van der Waals surface area contributed by atoms with Crippen LogP contribution in [0.3, 0.4) is 0 Å². The van der Waals surface area contributed by atoms with E-state index in [-0.39, 0.29) is 17.2 Å². The van der Waals surface area contributed by atoms with Crippen LogP contribution in [0.15, 0.2) is 12.7 Å². The van der Waals surface area contributed by atoms with Gasteiger partial charge in [-0.2, -0.15) is 0 Å². The predicted octanol–water partition coefficient (Wildman–Crippen LogP) is 3.87. The van der Waals surface area contributed by atoms with Crippen molar-refractivity contribution in [1.29, 1.82) is 0 Å². The lowest BCUT2D eigenvalue weighted by atomic mass is 9.85. The Labute approximate surface area is 112 Å². The van der Waals surface area contributed by atoms with Crippen molar-refractivity contribution in [2.75, 3.05) is 7.11 Å². The summed E-state index contributed by atoms with van der Waals surface area (Å²) in [5.74, 6) is -0.339. The van der Waals surface area contributed by atoms with Crippen molar-refractivity contribution in [1.82, 2.24) is 0 Å². The van der Waals surface area contributed by atoms with Gasteiger partial charge in [-0.05, 0) is 39.0 Å². The van der Waals surface area contributed by atoms with Gasteiger partial charge in [-0.3, -0.25) is 0 Å². The maximum atomic E-state index is 11.4. The van der Waals surface area contributed by atoms with E-state index in [1.165, 1.54) is 6.08 Å². The monoisotopic (exact) mass is 256 g/mol. The van der Waals surface area contributed by atoms with Gasteiger partial charge >= 0.3 is 5.97 Å². The van der Waals surface area contributed by atoms with Crippen molar-refractivity contribution in [2.45, 2.75) is 71.0 Å². The molecule has 0 aliphatic carbocycles. The van der Waals surface area contributed by atoms with E-state index in [1.54, 1.807) is 7.11 Å². The standard InChI is InChI=1S/C15H28O3/c1-7-13(16)18-15(9-3,10-4)12-11-14(5,8-2)17-6/h7H,1,8-12H2,2-6H3. The van der Waals surface area contributed by atoms with Gasteiger partial charge < -0.3 is 9.47 Å². The van der Waals surface area contributed by atoms with Crippen LogP contribution in [-0.4, -0.2) is 24.3 Å². The molecule has 0 bridgehead atoms. The van der Waals surface area contributed by atoms with Crippen LogP contribution in [0, 0.1) is 0 Å². The third kappa shape index (κ3) is 4.81. The molecule has 3 nitrogen and oxygen atoms in total. The van der Waals surface area contributed by atoms with Crippen LogP contribution in [0.1, 0.15) is 59.8 Å². The first-order valence-electron chi connectivity index (χ1n) is 6.81.